The highest BCUT2D eigenvalue weighted by molar-refractivity contribution is 9.10. The summed E-state index contributed by atoms with van der Waals surface area (Å²) in [7, 11) is 0. The Bertz CT molecular complexity index is 794. The summed E-state index contributed by atoms with van der Waals surface area (Å²) in [6, 6.07) is 8.90. The highest BCUT2D eigenvalue weighted by Crippen LogP contribution is 2.30. The van der Waals surface area contributed by atoms with Crippen molar-refractivity contribution in [3.8, 4) is 11.5 Å². The molecule has 2 aromatic rings. The van der Waals surface area contributed by atoms with Crippen LogP contribution in [0.2, 0.25) is 5.02 Å². The van der Waals surface area contributed by atoms with Crippen molar-refractivity contribution < 1.29 is 14.6 Å². The molecule has 0 bridgehead atoms. The number of amides is 1. The monoisotopic (exact) mass is 410 g/mol. The second-order valence-corrected chi connectivity index (χ2v) is 6.50. The predicted octanol–water partition coefficient (Wildman–Crippen LogP) is 3.95. The lowest BCUT2D eigenvalue weighted by atomic mass is 10.1. The van der Waals surface area contributed by atoms with E-state index >= 15 is 0 Å². The molecule has 0 aliphatic carbocycles. The third kappa shape index (κ3) is 4.97. The lowest BCUT2D eigenvalue weighted by Gasteiger charge is -2.08. The molecule has 2 aromatic carbocycles. The summed E-state index contributed by atoms with van der Waals surface area (Å²) in [5.41, 5.74) is 4.80. The topological polar surface area (TPSA) is 70.9 Å². The number of carbonyl (C=O) groups excluding carboxylic acids is 1. The molecule has 0 aromatic heterocycles. The standard InChI is InChI=1S/C17H16BrClN2O3/c1-10-3-4-15(11(2)5-10)24-9-16(22)21-20-8-12-6-13(18)7-14(19)17(12)23/h3-8,23H,9H2,1-2H3,(H,21,22)/b20-8+. The number of phenolic OH excluding ortho intramolecular Hbond substituents is 1. The molecule has 2 rings (SSSR count). The van der Waals surface area contributed by atoms with Gasteiger partial charge in [0.05, 0.1) is 11.2 Å². The van der Waals surface area contributed by atoms with Crippen molar-refractivity contribution >= 4 is 39.7 Å². The number of carbonyl (C=O) groups is 1. The van der Waals surface area contributed by atoms with Gasteiger partial charge >= 0.3 is 0 Å². The number of aryl methyl sites for hydroxylation is 2. The molecule has 0 aliphatic rings. The van der Waals surface area contributed by atoms with Crippen molar-refractivity contribution in [1.29, 1.82) is 0 Å². The molecule has 1 amide bonds. The Morgan fingerprint density at radius 3 is 2.83 bits per heavy atom. The molecule has 0 spiro atoms. The van der Waals surface area contributed by atoms with Crippen LogP contribution >= 0.6 is 27.5 Å². The molecule has 126 valence electrons. The molecular weight excluding hydrogens is 396 g/mol. The van der Waals surface area contributed by atoms with E-state index in [4.69, 9.17) is 16.3 Å². The lowest BCUT2D eigenvalue weighted by molar-refractivity contribution is -0.123. The van der Waals surface area contributed by atoms with Gasteiger partial charge in [-0.05, 0) is 37.6 Å². The van der Waals surface area contributed by atoms with Gasteiger partial charge in [-0.25, -0.2) is 5.43 Å². The molecule has 2 N–H and O–H groups in total. The van der Waals surface area contributed by atoms with Gasteiger partial charge in [-0.3, -0.25) is 4.79 Å². The van der Waals surface area contributed by atoms with Crippen LogP contribution in [0, 0.1) is 13.8 Å². The first-order valence-electron chi connectivity index (χ1n) is 7.07. The van der Waals surface area contributed by atoms with Crippen LogP contribution in [0.1, 0.15) is 16.7 Å². The molecule has 0 unspecified atom stereocenters. The zero-order valence-electron chi connectivity index (χ0n) is 13.1. The quantitative estimate of drug-likeness (QED) is 0.578. The lowest BCUT2D eigenvalue weighted by Crippen LogP contribution is -2.24. The van der Waals surface area contributed by atoms with Crippen LogP contribution in [0.15, 0.2) is 39.9 Å². The van der Waals surface area contributed by atoms with Crippen LogP contribution in [0.4, 0.5) is 0 Å². The maximum atomic E-state index is 11.8. The van der Waals surface area contributed by atoms with Crippen LogP contribution in [0.3, 0.4) is 0 Å². The largest absolute Gasteiger partial charge is 0.506 e. The van der Waals surface area contributed by atoms with Gasteiger partial charge in [0.1, 0.15) is 11.5 Å². The number of aromatic hydroxyl groups is 1. The van der Waals surface area contributed by atoms with E-state index in [0.717, 1.165) is 11.1 Å². The molecule has 0 saturated heterocycles. The van der Waals surface area contributed by atoms with Crippen molar-refractivity contribution in [3.63, 3.8) is 0 Å². The minimum atomic E-state index is -0.410. The molecule has 0 aliphatic heterocycles. The van der Waals surface area contributed by atoms with Gasteiger partial charge in [0.15, 0.2) is 6.61 Å². The SMILES string of the molecule is Cc1ccc(OCC(=O)N/N=C/c2cc(Br)cc(Cl)c2O)c(C)c1. The highest BCUT2D eigenvalue weighted by Gasteiger charge is 2.07. The number of benzene rings is 2. The average Bonchev–Trinajstić information content (AvgIpc) is 2.51. The Morgan fingerprint density at radius 2 is 2.12 bits per heavy atom. The second-order valence-electron chi connectivity index (χ2n) is 5.18. The van der Waals surface area contributed by atoms with E-state index < -0.39 is 5.91 Å². The summed E-state index contributed by atoms with van der Waals surface area (Å²) in [5, 5.41) is 13.8. The fraction of sp³-hybridized carbons (Fsp3) is 0.176. The number of nitrogens with zero attached hydrogens (tertiary/aromatic N) is 1. The number of phenols is 1. The number of hydrazone groups is 1. The Hall–Kier alpha value is -2.05. The summed E-state index contributed by atoms with van der Waals surface area (Å²) in [6.45, 7) is 3.74. The van der Waals surface area contributed by atoms with Crippen LogP contribution < -0.4 is 10.2 Å². The third-order valence-electron chi connectivity index (χ3n) is 3.14. The van der Waals surface area contributed by atoms with E-state index in [1.54, 1.807) is 12.1 Å². The minimum Gasteiger partial charge on any atom is -0.506 e. The van der Waals surface area contributed by atoms with E-state index in [-0.39, 0.29) is 17.4 Å². The van der Waals surface area contributed by atoms with Gasteiger partial charge in [0.25, 0.3) is 5.91 Å². The van der Waals surface area contributed by atoms with Gasteiger partial charge in [-0.2, -0.15) is 5.10 Å². The van der Waals surface area contributed by atoms with E-state index in [9.17, 15) is 9.90 Å². The van der Waals surface area contributed by atoms with Crippen LogP contribution in [0.25, 0.3) is 0 Å². The first-order valence-corrected chi connectivity index (χ1v) is 8.24. The Balaban J connectivity index is 1.91. The Morgan fingerprint density at radius 1 is 1.38 bits per heavy atom. The van der Waals surface area contributed by atoms with Gasteiger partial charge in [0, 0.05) is 10.0 Å². The second kappa shape index (κ2) is 8.17. The van der Waals surface area contributed by atoms with Crippen molar-refractivity contribution in [2.45, 2.75) is 13.8 Å². The highest BCUT2D eigenvalue weighted by atomic mass is 79.9. The molecule has 7 heteroatoms. The zero-order chi connectivity index (χ0) is 17.7. The predicted molar refractivity (Wildman–Crippen MR) is 98.0 cm³/mol. The molecule has 0 fully saturated rings. The number of nitrogens with one attached hydrogen (secondary N) is 1. The van der Waals surface area contributed by atoms with Crippen molar-refractivity contribution in [2.75, 3.05) is 6.61 Å². The third-order valence-corrected chi connectivity index (χ3v) is 3.89. The van der Waals surface area contributed by atoms with Gasteiger partial charge < -0.3 is 9.84 Å². The summed E-state index contributed by atoms with van der Waals surface area (Å²) < 4.78 is 6.15. The number of halogens is 2. The van der Waals surface area contributed by atoms with E-state index in [2.05, 4.69) is 26.5 Å². The first kappa shape index (κ1) is 18.3. The molecule has 5 nitrogen and oxygen atoms in total. The molecule has 0 atom stereocenters. The van der Waals surface area contributed by atoms with Crippen molar-refractivity contribution in [2.24, 2.45) is 5.10 Å². The summed E-state index contributed by atoms with van der Waals surface area (Å²) in [4.78, 5) is 11.8. The fourth-order valence-electron chi connectivity index (χ4n) is 1.99. The fourth-order valence-corrected chi connectivity index (χ4v) is 2.83. The molecule has 0 radical (unpaired) electrons. The van der Waals surface area contributed by atoms with Crippen molar-refractivity contribution in [3.05, 3.63) is 56.5 Å². The molecule has 0 saturated carbocycles. The average molecular weight is 412 g/mol. The summed E-state index contributed by atoms with van der Waals surface area (Å²) in [6.07, 6.45) is 1.31. The van der Waals surface area contributed by atoms with Gasteiger partial charge in [-0.1, -0.05) is 45.2 Å². The van der Waals surface area contributed by atoms with Crippen LogP contribution in [0.5, 0.6) is 11.5 Å². The van der Waals surface area contributed by atoms with Crippen LogP contribution in [-0.2, 0) is 4.79 Å². The summed E-state index contributed by atoms with van der Waals surface area (Å²) >= 11 is 9.12. The zero-order valence-corrected chi connectivity index (χ0v) is 15.5. The van der Waals surface area contributed by atoms with E-state index in [1.807, 2.05) is 32.0 Å². The number of hydrogen-bond donors (Lipinski definition) is 2. The smallest absolute Gasteiger partial charge is 0.277 e. The molecular formula is C17H16BrClN2O3. The number of ether oxygens (including phenoxy) is 1. The Kier molecular flexibility index (Phi) is 6.23. The molecule has 0 heterocycles. The maximum Gasteiger partial charge on any atom is 0.277 e. The molecule has 24 heavy (non-hydrogen) atoms. The van der Waals surface area contributed by atoms with Crippen molar-refractivity contribution in [1.82, 2.24) is 5.43 Å². The minimum absolute atomic E-state index is 0.107. The number of hydrogen-bond acceptors (Lipinski definition) is 4. The normalized spacial score (nSPS) is 10.8. The number of rotatable bonds is 5. The Labute approximate surface area is 153 Å². The van der Waals surface area contributed by atoms with E-state index in [1.165, 1.54) is 6.21 Å². The summed E-state index contributed by atoms with van der Waals surface area (Å²) in [5.74, 6) is 0.132. The van der Waals surface area contributed by atoms with Gasteiger partial charge in [0.2, 0.25) is 0 Å². The maximum absolute atomic E-state index is 11.8. The van der Waals surface area contributed by atoms with Crippen LogP contribution in [-0.4, -0.2) is 23.8 Å². The van der Waals surface area contributed by atoms with E-state index in [0.29, 0.717) is 15.8 Å². The van der Waals surface area contributed by atoms with Gasteiger partial charge in [-0.15, -0.1) is 0 Å². The first-order chi connectivity index (χ1) is 11.4.